The number of aryl methyl sites for hydroxylation is 3. The molecular weight excluding hydrogens is 520 g/mol. The van der Waals surface area contributed by atoms with E-state index in [0.29, 0.717) is 0 Å². The smallest absolute Gasteiger partial charge is 0.268 e. The Morgan fingerprint density at radius 1 is 0.732 bits per heavy atom. The van der Waals surface area contributed by atoms with Crippen LogP contribution in [0, 0.1) is 20.8 Å². The lowest BCUT2D eigenvalue weighted by atomic mass is 9.36. The highest BCUT2D eigenvalue weighted by molar-refractivity contribution is 7.33. The van der Waals surface area contributed by atoms with E-state index in [1.807, 2.05) is 11.3 Å². The summed E-state index contributed by atoms with van der Waals surface area (Å²) in [6.45, 7) is 6.51. The molecule has 0 N–H and O–H groups in total. The molecule has 0 unspecified atom stereocenters. The van der Waals surface area contributed by atoms with Crippen LogP contribution in [-0.2, 0) is 0 Å². The second-order valence-corrected chi connectivity index (χ2v) is 12.5. The van der Waals surface area contributed by atoms with Gasteiger partial charge in [0, 0.05) is 38.0 Å². The molecule has 5 aromatic carbocycles. The fourth-order valence-corrected chi connectivity index (χ4v) is 8.14. The summed E-state index contributed by atoms with van der Waals surface area (Å²) in [6, 6.07) is 32.7. The van der Waals surface area contributed by atoms with Crippen LogP contribution in [0.2, 0.25) is 0 Å². The average Bonchev–Trinajstić information content (AvgIpc) is 3.34. The summed E-state index contributed by atoms with van der Waals surface area (Å²) in [7, 11) is 2.30. The third-order valence-corrected chi connectivity index (χ3v) is 9.80. The van der Waals surface area contributed by atoms with Gasteiger partial charge in [0.15, 0.2) is 0 Å². The number of hydrogen-bond acceptors (Lipinski definition) is 4. The SMILES string of the molecule is Cc1cc(C)c2c(c1)Oc1cc3c(cc1[B]2)B1c2sc4ccccc4c2Oc2cc(C)cc(c21)N3c1ccccc1. The maximum atomic E-state index is 6.79. The summed E-state index contributed by atoms with van der Waals surface area (Å²) >= 11 is 1.85. The molecule has 0 aliphatic carbocycles. The van der Waals surface area contributed by atoms with E-state index in [4.69, 9.17) is 9.47 Å². The van der Waals surface area contributed by atoms with Crippen LogP contribution in [-0.4, -0.2) is 14.0 Å². The van der Waals surface area contributed by atoms with Crippen molar-refractivity contribution >= 4 is 79.1 Å². The minimum absolute atomic E-state index is 0.0657. The lowest BCUT2D eigenvalue weighted by Crippen LogP contribution is -2.59. The van der Waals surface area contributed by atoms with Crippen LogP contribution in [0.25, 0.3) is 10.1 Å². The normalized spacial score (nSPS) is 13.7. The van der Waals surface area contributed by atoms with Gasteiger partial charge in [0.05, 0.1) is 0 Å². The number of anilines is 3. The van der Waals surface area contributed by atoms with Crippen LogP contribution < -0.4 is 41.0 Å². The second-order valence-electron chi connectivity index (χ2n) is 11.4. The zero-order valence-corrected chi connectivity index (χ0v) is 23.8. The molecule has 1 aromatic heterocycles. The zero-order chi connectivity index (χ0) is 27.4. The van der Waals surface area contributed by atoms with E-state index in [1.165, 1.54) is 48.2 Å². The number of fused-ring (bicyclic) bond motifs is 8. The standard InChI is InChI=1S/C35H24B2NO2S/c1-19-13-21(3)32-29(15-19)39-28-18-26-25(17-24(28)36-32)37-33-27(38(26)22-9-5-4-6-10-22)14-20(2)16-30(33)40-34-23-11-7-8-12-31(23)41-35(34)37/h4-18H,1-3H3. The van der Waals surface area contributed by atoms with Gasteiger partial charge in [-0.15, -0.1) is 11.3 Å². The van der Waals surface area contributed by atoms with Gasteiger partial charge in [-0.3, -0.25) is 0 Å². The van der Waals surface area contributed by atoms with Crippen molar-refractivity contribution in [2.45, 2.75) is 20.8 Å². The maximum absolute atomic E-state index is 6.79. The third kappa shape index (κ3) is 3.28. The molecule has 4 heterocycles. The van der Waals surface area contributed by atoms with Crippen molar-refractivity contribution in [3.63, 3.8) is 0 Å². The summed E-state index contributed by atoms with van der Waals surface area (Å²) < 4.78 is 16.0. The van der Waals surface area contributed by atoms with Crippen molar-refractivity contribution in [1.29, 1.82) is 0 Å². The highest BCUT2D eigenvalue weighted by atomic mass is 32.1. The molecule has 0 fully saturated rings. The fraction of sp³-hybridized carbons (Fsp3) is 0.0857. The number of rotatable bonds is 1. The van der Waals surface area contributed by atoms with E-state index in [9.17, 15) is 0 Å². The number of nitrogens with zero attached hydrogens (tertiary/aromatic N) is 1. The molecule has 3 aliphatic heterocycles. The Morgan fingerprint density at radius 2 is 1.51 bits per heavy atom. The average molecular weight is 544 g/mol. The van der Waals surface area contributed by atoms with E-state index >= 15 is 0 Å². The van der Waals surface area contributed by atoms with Crippen molar-refractivity contribution in [3.8, 4) is 23.0 Å². The van der Waals surface area contributed by atoms with Crippen molar-refractivity contribution in [1.82, 2.24) is 0 Å². The van der Waals surface area contributed by atoms with E-state index in [1.54, 1.807) is 0 Å². The number of thiophene rings is 1. The molecule has 41 heavy (non-hydrogen) atoms. The topological polar surface area (TPSA) is 21.7 Å². The maximum Gasteiger partial charge on any atom is 0.268 e. The first-order valence-corrected chi connectivity index (χ1v) is 14.9. The molecule has 0 amide bonds. The molecule has 3 nitrogen and oxygen atoms in total. The predicted molar refractivity (Wildman–Crippen MR) is 173 cm³/mol. The van der Waals surface area contributed by atoms with E-state index in [0.717, 1.165) is 45.3 Å². The van der Waals surface area contributed by atoms with Crippen molar-refractivity contribution in [2.75, 3.05) is 4.90 Å². The predicted octanol–water partition coefficient (Wildman–Crippen LogP) is 5.99. The molecule has 0 saturated carbocycles. The summed E-state index contributed by atoms with van der Waals surface area (Å²) in [5.74, 6) is 3.76. The molecule has 0 bridgehead atoms. The van der Waals surface area contributed by atoms with E-state index in [2.05, 4.69) is 124 Å². The minimum atomic E-state index is 0.0657. The van der Waals surface area contributed by atoms with Gasteiger partial charge in [-0.05, 0) is 96.2 Å². The molecule has 3 aliphatic rings. The van der Waals surface area contributed by atoms with Crippen LogP contribution in [0.3, 0.4) is 0 Å². The first-order chi connectivity index (χ1) is 20.0. The molecule has 6 aromatic rings. The van der Waals surface area contributed by atoms with Crippen molar-refractivity contribution in [2.24, 2.45) is 0 Å². The largest absolute Gasteiger partial charge is 0.458 e. The summed E-state index contributed by atoms with van der Waals surface area (Å²) in [6.07, 6.45) is 0. The van der Waals surface area contributed by atoms with Crippen molar-refractivity contribution in [3.05, 3.63) is 108 Å². The number of benzene rings is 5. The molecule has 193 valence electrons. The van der Waals surface area contributed by atoms with Gasteiger partial charge in [-0.1, -0.05) is 48.0 Å². The monoisotopic (exact) mass is 544 g/mol. The Kier molecular flexibility index (Phi) is 4.72. The summed E-state index contributed by atoms with van der Waals surface area (Å²) in [5.41, 5.74) is 11.8. The molecule has 9 rings (SSSR count). The van der Waals surface area contributed by atoms with Gasteiger partial charge >= 0.3 is 0 Å². The Hall–Kier alpha value is -4.41. The van der Waals surface area contributed by atoms with Gasteiger partial charge in [0.25, 0.3) is 6.71 Å². The van der Waals surface area contributed by atoms with Crippen LogP contribution >= 0.6 is 11.3 Å². The third-order valence-electron chi connectivity index (χ3n) is 8.58. The molecule has 1 radical (unpaired) electrons. The Labute approximate surface area is 244 Å². The minimum Gasteiger partial charge on any atom is -0.458 e. The van der Waals surface area contributed by atoms with Crippen LogP contribution in [0.15, 0.2) is 91.0 Å². The van der Waals surface area contributed by atoms with Crippen LogP contribution in [0.4, 0.5) is 17.1 Å². The van der Waals surface area contributed by atoms with Crippen LogP contribution in [0.5, 0.6) is 23.0 Å². The molecule has 0 atom stereocenters. The van der Waals surface area contributed by atoms with Gasteiger partial charge in [0.1, 0.15) is 23.0 Å². The highest BCUT2D eigenvalue weighted by Crippen LogP contribution is 2.45. The van der Waals surface area contributed by atoms with Gasteiger partial charge in [-0.25, -0.2) is 0 Å². The molecule has 6 heteroatoms. The first kappa shape index (κ1) is 23.3. The van der Waals surface area contributed by atoms with Gasteiger partial charge in [-0.2, -0.15) is 0 Å². The Balaban J connectivity index is 1.35. The number of hydrogen-bond donors (Lipinski definition) is 0. The lowest BCUT2D eigenvalue weighted by Gasteiger charge is -2.40. The molecule has 0 spiro atoms. The van der Waals surface area contributed by atoms with E-state index < -0.39 is 0 Å². The van der Waals surface area contributed by atoms with Gasteiger partial charge in [0.2, 0.25) is 7.28 Å². The summed E-state index contributed by atoms with van der Waals surface area (Å²) in [4.78, 5) is 2.39. The first-order valence-electron chi connectivity index (χ1n) is 14.0. The van der Waals surface area contributed by atoms with Crippen molar-refractivity contribution < 1.29 is 9.47 Å². The highest BCUT2D eigenvalue weighted by Gasteiger charge is 2.44. The Morgan fingerprint density at radius 3 is 2.39 bits per heavy atom. The zero-order valence-electron chi connectivity index (χ0n) is 23.0. The summed E-state index contributed by atoms with van der Waals surface area (Å²) in [5, 5.41) is 1.18. The van der Waals surface area contributed by atoms with Gasteiger partial charge < -0.3 is 14.4 Å². The number of ether oxygens (including phenoxy) is 2. The second kappa shape index (κ2) is 8.31. The molecular formula is C35H24B2NO2S. The molecule has 0 saturated heterocycles. The fourth-order valence-electron chi connectivity index (χ4n) is 6.88. The Bertz CT molecular complexity index is 2080. The van der Waals surface area contributed by atoms with Crippen LogP contribution in [0.1, 0.15) is 16.7 Å². The number of para-hydroxylation sites is 1. The quantitative estimate of drug-likeness (QED) is 0.237. The van der Waals surface area contributed by atoms with E-state index in [-0.39, 0.29) is 6.71 Å². The lowest BCUT2D eigenvalue weighted by molar-refractivity contribution is 0.487.